The summed E-state index contributed by atoms with van der Waals surface area (Å²) in [6.07, 6.45) is 7.09. The van der Waals surface area contributed by atoms with Crippen LogP contribution in [0.2, 0.25) is 0 Å². The Bertz CT molecular complexity index is 1010. The van der Waals surface area contributed by atoms with Crippen LogP contribution in [0.3, 0.4) is 0 Å². The molecule has 2 aromatic carbocycles. The molecule has 1 N–H and O–H groups in total. The highest BCUT2D eigenvalue weighted by Gasteiger charge is 2.10. The van der Waals surface area contributed by atoms with E-state index in [9.17, 15) is 0 Å². The summed E-state index contributed by atoms with van der Waals surface area (Å²) in [6.45, 7) is 1.19. The van der Waals surface area contributed by atoms with Crippen molar-refractivity contribution >= 4 is 11.7 Å². The van der Waals surface area contributed by atoms with E-state index in [0.29, 0.717) is 36.4 Å². The number of hydrogen-bond acceptors (Lipinski definition) is 6. The lowest BCUT2D eigenvalue weighted by Gasteiger charge is -2.12. The number of hydrogen-bond donors (Lipinski definition) is 1. The van der Waals surface area contributed by atoms with E-state index in [-0.39, 0.29) is 0 Å². The molecule has 0 spiro atoms. The molecule has 4 aromatic rings. The average Bonchev–Trinajstić information content (AvgIpc) is 3.41. The van der Waals surface area contributed by atoms with Crippen LogP contribution in [-0.2, 0) is 6.54 Å². The van der Waals surface area contributed by atoms with Crippen LogP contribution < -0.4 is 14.8 Å². The van der Waals surface area contributed by atoms with E-state index in [1.165, 1.54) is 0 Å². The van der Waals surface area contributed by atoms with Crippen LogP contribution in [0, 0.1) is 0 Å². The van der Waals surface area contributed by atoms with Gasteiger partial charge < -0.3 is 23.8 Å². The molecule has 0 unspecified atom stereocenters. The minimum absolute atomic E-state index is 0.411. The Morgan fingerprint density at radius 1 is 1.11 bits per heavy atom. The Labute approximate surface area is 162 Å². The molecule has 0 atom stereocenters. The molecule has 0 aliphatic carbocycles. The smallest absolute Gasteiger partial charge is 0.299 e. The molecule has 0 saturated carbocycles. The standard InChI is InChI=1S/C21H20N4O3/c1-26-18-8-7-17(13-19(18)27-12-11-25-10-9-22-15-25)24-21-23-14-20(28-21)16-5-3-2-4-6-16/h2-10,13-15H,11-12H2,1H3,(H,23,24). The Hall–Kier alpha value is -3.74. The summed E-state index contributed by atoms with van der Waals surface area (Å²) in [6, 6.07) is 15.8. The first-order valence-corrected chi connectivity index (χ1v) is 8.86. The number of ether oxygens (including phenoxy) is 2. The topological polar surface area (TPSA) is 74.3 Å². The quantitative estimate of drug-likeness (QED) is 0.492. The molecule has 0 bridgehead atoms. The van der Waals surface area contributed by atoms with E-state index < -0.39 is 0 Å². The lowest BCUT2D eigenvalue weighted by molar-refractivity contribution is 0.280. The molecule has 0 aliphatic heterocycles. The highest BCUT2D eigenvalue weighted by atomic mass is 16.5. The number of nitrogens with one attached hydrogen (secondary N) is 1. The third-order valence-electron chi connectivity index (χ3n) is 4.15. The lowest BCUT2D eigenvalue weighted by Crippen LogP contribution is -2.07. The number of benzene rings is 2. The van der Waals surface area contributed by atoms with Crippen LogP contribution in [0.5, 0.6) is 11.5 Å². The number of anilines is 2. The molecule has 0 amide bonds. The predicted molar refractivity (Wildman–Crippen MR) is 106 cm³/mol. The number of aromatic nitrogens is 3. The lowest BCUT2D eigenvalue weighted by atomic mass is 10.2. The van der Waals surface area contributed by atoms with E-state index >= 15 is 0 Å². The van der Waals surface area contributed by atoms with E-state index in [1.54, 1.807) is 25.8 Å². The van der Waals surface area contributed by atoms with Gasteiger partial charge in [0.05, 0.1) is 26.2 Å². The van der Waals surface area contributed by atoms with Gasteiger partial charge in [-0.3, -0.25) is 0 Å². The summed E-state index contributed by atoms with van der Waals surface area (Å²) in [5.41, 5.74) is 1.76. The molecule has 7 heteroatoms. The molecule has 142 valence electrons. The van der Waals surface area contributed by atoms with Gasteiger partial charge in [-0.05, 0) is 12.1 Å². The van der Waals surface area contributed by atoms with Gasteiger partial charge in [0.15, 0.2) is 17.3 Å². The fraction of sp³-hybridized carbons (Fsp3) is 0.143. The van der Waals surface area contributed by atoms with Gasteiger partial charge >= 0.3 is 0 Å². The Morgan fingerprint density at radius 3 is 2.79 bits per heavy atom. The van der Waals surface area contributed by atoms with Crippen LogP contribution in [-0.4, -0.2) is 28.3 Å². The highest BCUT2D eigenvalue weighted by molar-refractivity contribution is 5.62. The van der Waals surface area contributed by atoms with Crippen LogP contribution in [0.4, 0.5) is 11.7 Å². The van der Waals surface area contributed by atoms with Gasteiger partial charge in [-0.25, -0.2) is 9.97 Å². The first-order chi connectivity index (χ1) is 13.8. The van der Waals surface area contributed by atoms with Crippen molar-refractivity contribution in [3.05, 3.63) is 73.4 Å². The van der Waals surface area contributed by atoms with Gasteiger partial charge in [0.25, 0.3) is 6.01 Å². The van der Waals surface area contributed by atoms with Crippen LogP contribution >= 0.6 is 0 Å². The number of imidazole rings is 1. The molecule has 0 aliphatic rings. The minimum Gasteiger partial charge on any atom is -0.493 e. The molecule has 0 radical (unpaired) electrons. The minimum atomic E-state index is 0.411. The monoisotopic (exact) mass is 376 g/mol. The van der Waals surface area contributed by atoms with Gasteiger partial charge in [0.1, 0.15) is 6.61 Å². The van der Waals surface area contributed by atoms with Crippen molar-refractivity contribution in [2.75, 3.05) is 19.0 Å². The fourth-order valence-corrected chi connectivity index (χ4v) is 2.74. The van der Waals surface area contributed by atoms with E-state index in [2.05, 4.69) is 15.3 Å². The first kappa shape index (κ1) is 17.7. The predicted octanol–water partition coefficient (Wildman–Crippen LogP) is 4.37. The molecule has 0 saturated heterocycles. The zero-order valence-electron chi connectivity index (χ0n) is 15.4. The van der Waals surface area contributed by atoms with Gasteiger partial charge in [-0.2, -0.15) is 0 Å². The van der Waals surface area contributed by atoms with Gasteiger partial charge in [0.2, 0.25) is 0 Å². The second-order valence-electron chi connectivity index (χ2n) is 6.04. The maximum atomic E-state index is 5.89. The van der Waals surface area contributed by atoms with Crippen LogP contribution in [0.25, 0.3) is 11.3 Å². The molecular weight excluding hydrogens is 356 g/mol. The normalized spacial score (nSPS) is 10.6. The van der Waals surface area contributed by atoms with Crippen molar-refractivity contribution in [2.24, 2.45) is 0 Å². The van der Waals surface area contributed by atoms with Gasteiger partial charge in [0, 0.05) is 29.7 Å². The summed E-state index contributed by atoms with van der Waals surface area (Å²) >= 11 is 0. The molecule has 2 heterocycles. The highest BCUT2D eigenvalue weighted by Crippen LogP contribution is 2.32. The van der Waals surface area contributed by atoms with Gasteiger partial charge in [-0.1, -0.05) is 30.3 Å². The number of nitrogens with zero attached hydrogens (tertiary/aromatic N) is 3. The fourth-order valence-electron chi connectivity index (χ4n) is 2.74. The van der Waals surface area contributed by atoms with Crippen molar-refractivity contribution < 1.29 is 13.9 Å². The zero-order valence-corrected chi connectivity index (χ0v) is 15.4. The number of oxazole rings is 1. The summed E-state index contributed by atoms with van der Waals surface area (Å²) in [5, 5.41) is 3.16. The molecular formula is C21H20N4O3. The maximum absolute atomic E-state index is 5.89. The Balaban J connectivity index is 1.45. The second-order valence-corrected chi connectivity index (χ2v) is 6.04. The third-order valence-corrected chi connectivity index (χ3v) is 4.15. The average molecular weight is 376 g/mol. The van der Waals surface area contributed by atoms with Crippen molar-refractivity contribution in [3.63, 3.8) is 0 Å². The van der Waals surface area contributed by atoms with Crippen LogP contribution in [0.1, 0.15) is 0 Å². The van der Waals surface area contributed by atoms with E-state index in [4.69, 9.17) is 13.9 Å². The maximum Gasteiger partial charge on any atom is 0.299 e. The zero-order chi connectivity index (χ0) is 19.2. The molecule has 28 heavy (non-hydrogen) atoms. The summed E-state index contributed by atoms with van der Waals surface area (Å²) < 4.78 is 19.0. The Kier molecular flexibility index (Phi) is 5.24. The van der Waals surface area contributed by atoms with Crippen molar-refractivity contribution in [3.8, 4) is 22.8 Å². The van der Waals surface area contributed by atoms with E-state index in [1.807, 2.05) is 59.3 Å². The van der Waals surface area contributed by atoms with Crippen molar-refractivity contribution in [1.82, 2.24) is 14.5 Å². The van der Waals surface area contributed by atoms with Crippen molar-refractivity contribution in [1.29, 1.82) is 0 Å². The molecule has 0 fully saturated rings. The molecule has 2 aromatic heterocycles. The molecule has 4 rings (SSSR count). The van der Waals surface area contributed by atoms with E-state index in [0.717, 1.165) is 11.3 Å². The van der Waals surface area contributed by atoms with Gasteiger partial charge in [-0.15, -0.1) is 0 Å². The number of rotatable bonds is 8. The third kappa shape index (κ3) is 4.15. The van der Waals surface area contributed by atoms with Crippen LogP contribution in [0.15, 0.2) is 77.9 Å². The largest absolute Gasteiger partial charge is 0.493 e. The molecule has 7 nitrogen and oxygen atoms in total. The van der Waals surface area contributed by atoms with Crippen molar-refractivity contribution in [2.45, 2.75) is 6.54 Å². The summed E-state index contributed by atoms with van der Waals surface area (Å²) in [5.74, 6) is 2.00. The SMILES string of the molecule is COc1ccc(Nc2ncc(-c3ccccc3)o2)cc1OCCn1ccnc1. The second kappa shape index (κ2) is 8.30. The summed E-state index contributed by atoms with van der Waals surface area (Å²) in [4.78, 5) is 8.32. The summed E-state index contributed by atoms with van der Waals surface area (Å²) in [7, 11) is 1.62. The Morgan fingerprint density at radius 2 is 2.00 bits per heavy atom. The number of methoxy groups -OCH3 is 1. The first-order valence-electron chi connectivity index (χ1n) is 8.86.